The summed E-state index contributed by atoms with van der Waals surface area (Å²) >= 11 is 0. The summed E-state index contributed by atoms with van der Waals surface area (Å²) < 4.78 is 32.0. The second kappa shape index (κ2) is 39.4. The van der Waals surface area contributed by atoms with Crippen molar-refractivity contribution in [3.8, 4) is 46.0 Å². The zero-order valence-corrected chi connectivity index (χ0v) is 61.1. The van der Waals surface area contributed by atoms with Gasteiger partial charge in [0.05, 0.1) is 10.3 Å². The number of carbonyl (C=O) groups excluding carboxylic acids is 1. The number of amides is 1. The van der Waals surface area contributed by atoms with Crippen LogP contribution in [-0.4, -0.2) is 70.8 Å². The summed E-state index contributed by atoms with van der Waals surface area (Å²) in [6.07, 6.45) is 7.89. The van der Waals surface area contributed by atoms with Crippen LogP contribution in [0, 0.1) is 11.3 Å². The third kappa shape index (κ3) is 24.5. The van der Waals surface area contributed by atoms with Crippen molar-refractivity contribution in [2.75, 3.05) is 0 Å². The molecule has 0 radical (unpaired) electrons. The normalized spacial score (nSPS) is 14.5. The first-order valence-electron chi connectivity index (χ1n) is 35.4. The molecule has 102 heavy (non-hydrogen) atoms. The Labute approximate surface area is 603 Å². The van der Waals surface area contributed by atoms with Gasteiger partial charge in [0.1, 0.15) is 0 Å². The largest absolute Gasteiger partial charge is 0.504 e. The van der Waals surface area contributed by atoms with Crippen LogP contribution >= 0.6 is 0 Å². The lowest BCUT2D eigenvalue weighted by Crippen LogP contribution is -2.30. The van der Waals surface area contributed by atoms with E-state index in [0.717, 1.165) is 79.2 Å². The minimum Gasteiger partial charge on any atom is -0.504 e. The smallest absolute Gasteiger partial charge is 0.309 e. The zero-order valence-electron chi connectivity index (χ0n) is 60.3. The third-order valence-corrected chi connectivity index (χ3v) is 20.9. The Morgan fingerprint density at radius 3 is 1.07 bits per heavy atom. The summed E-state index contributed by atoms with van der Waals surface area (Å²) in [6, 6.07) is 67.0. The van der Waals surface area contributed by atoms with Crippen molar-refractivity contribution < 1.29 is 68.5 Å². The Kier molecular flexibility index (Phi) is 31.4. The fourth-order valence-corrected chi connectivity index (χ4v) is 13.7. The van der Waals surface area contributed by atoms with Gasteiger partial charge in [-0.15, -0.1) is 0 Å². The van der Waals surface area contributed by atoms with Gasteiger partial charge in [-0.3, -0.25) is 14.1 Å². The number of nitrogens with one attached hydrogen (secondary N) is 1. The first-order valence-corrected chi connectivity index (χ1v) is 36.9. The highest BCUT2D eigenvalue weighted by Gasteiger charge is 2.36. The van der Waals surface area contributed by atoms with E-state index in [4.69, 9.17) is 0 Å². The van der Waals surface area contributed by atoms with Gasteiger partial charge in [-0.2, -0.15) is 8.42 Å². The van der Waals surface area contributed by atoms with Gasteiger partial charge in [0, 0.05) is 12.5 Å². The Bertz CT molecular complexity index is 4140. The number of rotatable bonds is 29. The van der Waals surface area contributed by atoms with E-state index < -0.39 is 21.5 Å². The molecule has 0 heterocycles. The number of aromatic hydroxyl groups is 8. The summed E-state index contributed by atoms with van der Waals surface area (Å²) in [7, 11) is -4.22. The molecule has 0 fully saturated rings. The molecular weight excluding hydrogens is 1300 g/mol. The van der Waals surface area contributed by atoms with Crippen molar-refractivity contribution in [2.45, 2.75) is 185 Å². The van der Waals surface area contributed by atoms with Gasteiger partial charge in [0.15, 0.2) is 46.0 Å². The third-order valence-electron chi connectivity index (χ3n) is 20.0. The van der Waals surface area contributed by atoms with Gasteiger partial charge >= 0.3 is 5.97 Å². The number of benzene rings is 9. The predicted octanol–water partition coefficient (Wildman–Crippen LogP) is 20.2. The number of carboxylic acids is 1. The molecule has 9 aromatic carbocycles. The number of phenols is 8. The van der Waals surface area contributed by atoms with Crippen LogP contribution in [0.1, 0.15) is 224 Å². The van der Waals surface area contributed by atoms with Crippen LogP contribution in [0.5, 0.6) is 46.0 Å². The van der Waals surface area contributed by atoms with E-state index in [9.17, 15) is 68.5 Å². The molecule has 0 spiro atoms. The topological polar surface area (TPSA) is 283 Å². The average molecular weight is 1410 g/mol. The van der Waals surface area contributed by atoms with E-state index in [-0.39, 0.29) is 92.3 Å². The summed E-state index contributed by atoms with van der Waals surface area (Å²) in [5.74, 6) is 0.0641. The first-order chi connectivity index (χ1) is 48.6. The Balaban J connectivity index is 0.000000217. The number of carbonyl (C=O) groups is 2. The fraction of sp³-hybridized carbons (Fsp3) is 0.349. The monoisotopic (exact) mass is 1410 g/mol. The van der Waals surface area contributed by atoms with Crippen LogP contribution in [0.2, 0.25) is 0 Å². The van der Waals surface area contributed by atoms with E-state index in [1.54, 1.807) is 55.5 Å². The molecule has 9 aromatic rings. The minimum absolute atomic E-state index is 0.0212. The molecule has 0 aliphatic carbocycles. The van der Waals surface area contributed by atoms with Crippen LogP contribution in [-0.2, 0) is 26.3 Å². The van der Waals surface area contributed by atoms with Crippen LogP contribution in [0.4, 0.5) is 0 Å². The van der Waals surface area contributed by atoms with E-state index in [1.165, 1.54) is 58.7 Å². The Morgan fingerprint density at radius 1 is 0.382 bits per heavy atom. The van der Waals surface area contributed by atoms with Gasteiger partial charge < -0.3 is 51.3 Å². The molecule has 0 bridgehead atoms. The molecule has 15 nitrogen and oxygen atoms in total. The van der Waals surface area contributed by atoms with Crippen molar-refractivity contribution in [2.24, 2.45) is 11.3 Å². The van der Waals surface area contributed by atoms with E-state index in [1.807, 2.05) is 86.6 Å². The van der Waals surface area contributed by atoms with Gasteiger partial charge in [0.25, 0.3) is 10.1 Å². The van der Waals surface area contributed by atoms with Gasteiger partial charge in [0.2, 0.25) is 5.91 Å². The lowest BCUT2D eigenvalue weighted by atomic mass is 9.73. The van der Waals surface area contributed by atoms with Gasteiger partial charge in [-0.25, -0.2) is 0 Å². The minimum atomic E-state index is -4.22. The number of carboxylic acid groups (broad SMARTS) is 1. The molecule has 0 saturated heterocycles. The molecule has 11 N–H and O–H groups in total. The van der Waals surface area contributed by atoms with E-state index in [2.05, 4.69) is 108 Å². The van der Waals surface area contributed by atoms with Crippen molar-refractivity contribution in [3.05, 3.63) is 268 Å². The average Bonchev–Trinajstić information content (AvgIpc) is 0.829. The van der Waals surface area contributed by atoms with E-state index in [0.29, 0.717) is 37.1 Å². The Morgan fingerprint density at radius 2 is 0.716 bits per heavy atom. The second-order valence-electron chi connectivity index (χ2n) is 27.4. The predicted molar refractivity (Wildman–Crippen MR) is 406 cm³/mol. The lowest BCUT2D eigenvalue weighted by Gasteiger charge is -2.30. The fourth-order valence-electron chi connectivity index (χ4n) is 13.2. The first kappa shape index (κ1) is 81.2. The quantitative estimate of drug-likeness (QED) is 0.0154. The standard InChI is InChI=1S/C26H30O5S.C22H28O4.C20H25NO3.C18H22O2/c1-3-19(21-9-12-24(13-10-21)32(29,30)31)16-23(22-11-14-25(27)26(28)17-22)15-18(2)20-7-5-4-6-8-20;1-4-22(3,21(25)26)14-18(17-10-11-19(23)20(24)13-17)12-15(2)16-8-6-5-7-9-16;1-3-16(11-14(2)17-7-5-4-6-8-17)20(24)21-13-15-9-10-18(22)19(23)12-15;1-3-14(16-9-10-17(19)18(20)12-16)11-13(2)15-7-5-4-6-8-15/h4-14,17-19,23,27-28H,3,15-16H2,1-2H3,(H,29,30,31);5-11,13,15,18,23-24H,4,12,14H2,1-3H3,(H,25,26);4-10,12,14,16,22-23H,3,11,13H2,1-2H3,(H,21,24);4-10,12-14,19-20H,3,11H2,1-2H3. The SMILES string of the molecule is CCC(C)(CC(CC(C)c1ccccc1)c1ccc(O)c(O)c1)C(=O)O.CCC(CC(C)c1ccccc1)C(=O)NCc1ccc(O)c(O)c1.CCC(CC(C)c1ccccc1)c1ccc(O)c(O)c1.CCC(CC(CC(C)c1ccccc1)c1ccc(O)c(O)c1)c1ccc(S(=O)(=O)O)cc1. The maximum Gasteiger partial charge on any atom is 0.309 e. The highest BCUT2D eigenvalue weighted by molar-refractivity contribution is 7.85. The number of aliphatic carboxylic acids is 1. The van der Waals surface area contributed by atoms with Gasteiger partial charge in [-0.05, 0) is 229 Å². The highest BCUT2D eigenvalue weighted by atomic mass is 32.2. The van der Waals surface area contributed by atoms with Crippen molar-refractivity contribution in [3.63, 3.8) is 0 Å². The highest BCUT2D eigenvalue weighted by Crippen LogP contribution is 2.44. The summed E-state index contributed by atoms with van der Waals surface area (Å²) in [5.41, 5.74) is 8.84. The number of hydrogen-bond donors (Lipinski definition) is 11. The maximum atomic E-state index is 12.4. The molecule has 0 aliphatic heterocycles. The van der Waals surface area contributed by atoms with Crippen LogP contribution in [0.15, 0.2) is 223 Å². The summed E-state index contributed by atoms with van der Waals surface area (Å²) in [6.45, 7) is 19.0. The molecule has 0 aliphatic rings. The molecule has 1 amide bonds. The molecular formula is C86H105NO14S. The molecule has 10 atom stereocenters. The van der Waals surface area contributed by atoms with Crippen LogP contribution in [0.25, 0.3) is 0 Å². The summed E-state index contributed by atoms with van der Waals surface area (Å²) in [4.78, 5) is 24.1. The van der Waals surface area contributed by atoms with Crippen LogP contribution < -0.4 is 5.32 Å². The van der Waals surface area contributed by atoms with Crippen molar-refractivity contribution in [1.82, 2.24) is 5.32 Å². The van der Waals surface area contributed by atoms with Crippen molar-refractivity contribution in [1.29, 1.82) is 0 Å². The molecule has 544 valence electrons. The number of phenolic OH excluding ortho intramolecular Hbond substituents is 8. The van der Waals surface area contributed by atoms with Gasteiger partial charge in [-0.1, -0.05) is 213 Å². The second-order valence-corrected chi connectivity index (χ2v) is 28.8. The van der Waals surface area contributed by atoms with E-state index >= 15 is 0 Å². The number of hydrogen-bond acceptors (Lipinski definition) is 12. The molecule has 9 rings (SSSR count). The Hall–Kier alpha value is -9.77. The molecule has 10 unspecified atom stereocenters. The summed E-state index contributed by atoms with van der Waals surface area (Å²) in [5, 5.41) is 89.8. The van der Waals surface area contributed by atoms with Crippen molar-refractivity contribution >= 4 is 22.0 Å². The lowest BCUT2D eigenvalue weighted by molar-refractivity contribution is -0.148. The molecule has 0 saturated carbocycles. The molecule has 0 aromatic heterocycles. The van der Waals surface area contributed by atoms with Crippen LogP contribution in [0.3, 0.4) is 0 Å². The molecule has 16 heteroatoms. The maximum absolute atomic E-state index is 12.4. The zero-order chi connectivity index (χ0) is 74.7.